The summed E-state index contributed by atoms with van der Waals surface area (Å²) >= 11 is 0. The van der Waals surface area contributed by atoms with Gasteiger partial charge in [-0.25, -0.2) is 4.98 Å². The minimum absolute atomic E-state index is 0.635. The number of nitrogens with zero attached hydrogens (tertiary/aromatic N) is 1. The Morgan fingerprint density at radius 3 is 2.65 bits per heavy atom. The molecule has 0 atom stereocenters. The fourth-order valence-corrected chi connectivity index (χ4v) is 2.42. The van der Waals surface area contributed by atoms with Gasteiger partial charge in [-0.05, 0) is 36.3 Å². The maximum atomic E-state index is 4.63. The van der Waals surface area contributed by atoms with Crippen LogP contribution in [0.4, 0.5) is 5.82 Å². The van der Waals surface area contributed by atoms with Crippen LogP contribution in [0.3, 0.4) is 0 Å². The summed E-state index contributed by atoms with van der Waals surface area (Å²) in [5.74, 6) is 1.71. The monoisotopic (exact) mass is 269 g/mol. The number of nitrogens with one attached hydrogen (secondary N) is 2. The molecule has 0 unspecified atom stereocenters. The molecule has 2 N–H and O–H groups in total. The molecule has 20 heavy (non-hydrogen) atoms. The molecule has 1 saturated carbocycles. The normalized spacial score (nSPS) is 14.9. The average molecular weight is 269 g/mol. The highest BCUT2D eigenvalue weighted by atomic mass is 15.0. The van der Waals surface area contributed by atoms with Gasteiger partial charge in [-0.1, -0.05) is 38.1 Å². The van der Waals surface area contributed by atoms with E-state index in [2.05, 4.69) is 53.7 Å². The van der Waals surface area contributed by atoms with Crippen LogP contribution in [-0.2, 0) is 6.54 Å². The van der Waals surface area contributed by atoms with Crippen LogP contribution in [0.5, 0.6) is 0 Å². The first kappa shape index (κ1) is 13.4. The first-order chi connectivity index (χ1) is 9.74. The first-order valence-electron chi connectivity index (χ1n) is 7.58. The smallest absolute Gasteiger partial charge is 0.134 e. The van der Waals surface area contributed by atoms with Crippen molar-refractivity contribution in [3.8, 4) is 0 Å². The highest BCUT2D eigenvalue weighted by Crippen LogP contribution is 2.29. The van der Waals surface area contributed by atoms with Crippen molar-refractivity contribution in [1.29, 1.82) is 0 Å². The molecular formula is C17H23N3. The van der Waals surface area contributed by atoms with Gasteiger partial charge < -0.3 is 10.6 Å². The number of aromatic nitrogens is 1. The summed E-state index contributed by atoms with van der Waals surface area (Å²) < 4.78 is 0. The third-order valence-electron chi connectivity index (χ3n) is 3.66. The van der Waals surface area contributed by atoms with Crippen molar-refractivity contribution >= 4 is 16.6 Å². The molecule has 0 aliphatic heterocycles. The maximum absolute atomic E-state index is 4.63. The average Bonchev–Trinajstić information content (AvgIpc) is 3.25. The molecule has 3 rings (SSSR count). The number of hydrogen-bond donors (Lipinski definition) is 2. The second-order valence-electron chi connectivity index (χ2n) is 6.12. The van der Waals surface area contributed by atoms with Gasteiger partial charge in [-0.3, -0.25) is 0 Å². The minimum Gasteiger partial charge on any atom is -0.367 e. The van der Waals surface area contributed by atoms with Crippen LogP contribution in [0.2, 0.25) is 0 Å². The Labute approximate surface area is 120 Å². The van der Waals surface area contributed by atoms with E-state index >= 15 is 0 Å². The molecule has 3 nitrogen and oxygen atoms in total. The molecule has 1 fully saturated rings. The van der Waals surface area contributed by atoms with Crippen LogP contribution in [0.15, 0.2) is 30.5 Å². The standard InChI is InChI=1S/C17H23N3/c1-12(2)9-18-10-13-11-19-17(20-14-7-8-14)16-6-4-3-5-15(13)16/h3-6,11-12,14,18H,7-10H2,1-2H3,(H,19,20). The molecule has 1 heterocycles. The van der Waals surface area contributed by atoms with Gasteiger partial charge in [0.25, 0.3) is 0 Å². The predicted octanol–water partition coefficient (Wildman–Crippen LogP) is 3.55. The summed E-state index contributed by atoms with van der Waals surface area (Å²) in [5.41, 5.74) is 1.28. The van der Waals surface area contributed by atoms with Gasteiger partial charge in [-0.2, -0.15) is 0 Å². The zero-order valence-electron chi connectivity index (χ0n) is 12.3. The summed E-state index contributed by atoms with van der Waals surface area (Å²) in [6, 6.07) is 9.19. The van der Waals surface area contributed by atoms with Crippen LogP contribution >= 0.6 is 0 Å². The van der Waals surface area contributed by atoms with Crippen molar-refractivity contribution in [2.75, 3.05) is 11.9 Å². The third kappa shape index (κ3) is 3.10. The Hall–Kier alpha value is -1.61. The van der Waals surface area contributed by atoms with Crippen LogP contribution in [0.1, 0.15) is 32.3 Å². The van der Waals surface area contributed by atoms with Crippen molar-refractivity contribution < 1.29 is 0 Å². The molecule has 0 amide bonds. The lowest BCUT2D eigenvalue weighted by molar-refractivity contribution is 0.553. The Morgan fingerprint density at radius 2 is 1.95 bits per heavy atom. The second-order valence-corrected chi connectivity index (χ2v) is 6.12. The summed E-state index contributed by atoms with van der Waals surface area (Å²) in [6.45, 7) is 6.38. The maximum Gasteiger partial charge on any atom is 0.134 e. The predicted molar refractivity (Wildman–Crippen MR) is 84.9 cm³/mol. The highest BCUT2D eigenvalue weighted by Gasteiger charge is 2.22. The SMILES string of the molecule is CC(C)CNCc1cnc(NC2CC2)c2ccccc12. The minimum atomic E-state index is 0.635. The zero-order chi connectivity index (χ0) is 13.9. The van der Waals surface area contributed by atoms with Crippen molar-refractivity contribution in [3.05, 3.63) is 36.0 Å². The van der Waals surface area contributed by atoms with Gasteiger partial charge in [0.1, 0.15) is 5.82 Å². The van der Waals surface area contributed by atoms with Crippen molar-refractivity contribution in [2.45, 2.75) is 39.3 Å². The van der Waals surface area contributed by atoms with E-state index in [1.165, 1.54) is 29.2 Å². The molecular weight excluding hydrogens is 246 g/mol. The molecule has 0 saturated heterocycles. The quantitative estimate of drug-likeness (QED) is 0.842. The van der Waals surface area contributed by atoms with Crippen molar-refractivity contribution in [3.63, 3.8) is 0 Å². The number of benzene rings is 1. The lowest BCUT2D eigenvalue weighted by Gasteiger charge is -2.13. The van der Waals surface area contributed by atoms with Gasteiger partial charge in [0.2, 0.25) is 0 Å². The molecule has 1 aliphatic rings. The fraction of sp³-hybridized carbons (Fsp3) is 0.471. The molecule has 0 bridgehead atoms. The Morgan fingerprint density at radius 1 is 1.20 bits per heavy atom. The van der Waals surface area contributed by atoms with Crippen LogP contribution < -0.4 is 10.6 Å². The molecule has 106 valence electrons. The lowest BCUT2D eigenvalue weighted by atomic mass is 10.1. The molecule has 0 radical (unpaired) electrons. The largest absolute Gasteiger partial charge is 0.367 e. The van der Waals surface area contributed by atoms with E-state index in [0.29, 0.717) is 12.0 Å². The molecule has 1 aliphatic carbocycles. The van der Waals surface area contributed by atoms with E-state index < -0.39 is 0 Å². The Balaban J connectivity index is 1.85. The van der Waals surface area contributed by atoms with E-state index in [-0.39, 0.29) is 0 Å². The second kappa shape index (κ2) is 5.80. The Bertz CT molecular complexity index is 588. The van der Waals surface area contributed by atoms with Crippen molar-refractivity contribution in [2.24, 2.45) is 5.92 Å². The molecule has 1 aromatic carbocycles. The molecule has 0 spiro atoms. The summed E-state index contributed by atoms with van der Waals surface area (Å²) in [5, 5.41) is 9.58. The lowest BCUT2D eigenvalue weighted by Crippen LogP contribution is -2.19. The third-order valence-corrected chi connectivity index (χ3v) is 3.66. The molecule has 2 aromatic rings. The van der Waals surface area contributed by atoms with Gasteiger partial charge >= 0.3 is 0 Å². The van der Waals surface area contributed by atoms with Gasteiger partial charge in [-0.15, -0.1) is 0 Å². The van der Waals surface area contributed by atoms with Gasteiger partial charge in [0.05, 0.1) is 0 Å². The summed E-state index contributed by atoms with van der Waals surface area (Å²) in [6.07, 6.45) is 4.56. The molecule has 3 heteroatoms. The van der Waals surface area contributed by atoms with E-state index in [1.54, 1.807) is 0 Å². The number of anilines is 1. The van der Waals surface area contributed by atoms with Gasteiger partial charge in [0, 0.05) is 24.2 Å². The van der Waals surface area contributed by atoms with Crippen molar-refractivity contribution in [1.82, 2.24) is 10.3 Å². The van der Waals surface area contributed by atoms with Gasteiger partial charge in [0.15, 0.2) is 0 Å². The first-order valence-corrected chi connectivity index (χ1v) is 7.58. The number of pyridine rings is 1. The number of fused-ring (bicyclic) bond motifs is 1. The highest BCUT2D eigenvalue weighted by molar-refractivity contribution is 5.94. The zero-order valence-corrected chi connectivity index (χ0v) is 12.3. The number of hydrogen-bond acceptors (Lipinski definition) is 3. The fourth-order valence-electron chi connectivity index (χ4n) is 2.42. The number of rotatable bonds is 6. The summed E-state index contributed by atoms with van der Waals surface area (Å²) in [4.78, 5) is 4.63. The van der Waals surface area contributed by atoms with E-state index in [1.807, 2.05) is 6.20 Å². The topological polar surface area (TPSA) is 37.0 Å². The summed E-state index contributed by atoms with van der Waals surface area (Å²) in [7, 11) is 0. The van der Waals surface area contributed by atoms with E-state index in [9.17, 15) is 0 Å². The van der Waals surface area contributed by atoms with E-state index in [0.717, 1.165) is 18.9 Å². The van der Waals surface area contributed by atoms with E-state index in [4.69, 9.17) is 0 Å². The van der Waals surface area contributed by atoms with Crippen LogP contribution in [0.25, 0.3) is 10.8 Å². The molecule has 1 aromatic heterocycles. The van der Waals surface area contributed by atoms with Crippen LogP contribution in [0, 0.1) is 5.92 Å². The Kier molecular flexibility index (Phi) is 3.88. The van der Waals surface area contributed by atoms with Crippen LogP contribution in [-0.4, -0.2) is 17.6 Å².